The summed E-state index contributed by atoms with van der Waals surface area (Å²) in [5.41, 5.74) is 0.322. The molecule has 0 spiro atoms. The highest BCUT2D eigenvalue weighted by Crippen LogP contribution is 2.19. The molecule has 1 rings (SSSR count). The minimum atomic E-state index is -0.528. The molecule has 2 N–H and O–H groups in total. The second kappa shape index (κ2) is 6.79. The van der Waals surface area contributed by atoms with Gasteiger partial charge in [-0.2, -0.15) is 0 Å². The fourth-order valence-corrected chi connectivity index (χ4v) is 1.56. The van der Waals surface area contributed by atoms with Gasteiger partial charge in [-0.1, -0.05) is 36.5 Å². The van der Waals surface area contributed by atoms with Crippen LogP contribution in [0.5, 0.6) is 0 Å². The number of nitrogens with zero attached hydrogens (tertiary/aromatic N) is 1. The molecule has 0 bridgehead atoms. The topological polar surface area (TPSA) is 62.2 Å². The number of halogens is 2. The smallest absolute Gasteiger partial charge is 0.252 e. The molecular formula is C11H14Cl2N2O2. The summed E-state index contributed by atoms with van der Waals surface area (Å²) < 4.78 is 0. The number of hydrogen-bond acceptors (Lipinski definition) is 3. The van der Waals surface area contributed by atoms with Gasteiger partial charge in [0, 0.05) is 12.7 Å². The number of carbonyl (C=O) groups is 1. The van der Waals surface area contributed by atoms with E-state index >= 15 is 0 Å². The van der Waals surface area contributed by atoms with Gasteiger partial charge in [0.25, 0.3) is 5.91 Å². The van der Waals surface area contributed by atoms with E-state index in [0.717, 1.165) is 6.42 Å². The lowest BCUT2D eigenvalue weighted by atomic mass is 10.2. The third-order valence-corrected chi connectivity index (χ3v) is 2.86. The summed E-state index contributed by atoms with van der Waals surface area (Å²) in [4.78, 5) is 15.4. The lowest BCUT2D eigenvalue weighted by molar-refractivity contribution is 0.0910. The van der Waals surface area contributed by atoms with Crippen molar-refractivity contribution in [1.29, 1.82) is 0 Å². The van der Waals surface area contributed by atoms with E-state index < -0.39 is 6.10 Å². The second-order valence-corrected chi connectivity index (χ2v) is 4.41. The van der Waals surface area contributed by atoms with Crippen LogP contribution in [-0.4, -0.2) is 28.6 Å². The molecule has 17 heavy (non-hydrogen) atoms. The van der Waals surface area contributed by atoms with Gasteiger partial charge < -0.3 is 10.4 Å². The monoisotopic (exact) mass is 276 g/mol. The first-order valence-electron chi connectivity index (χ1n) is 5.32. The first-order chi connectivity index (χ1) is 8.04. The molecule has 1 unspecified atom stereocenters. The van der Waals surface area contributed by atoms with E-state index in [1.54, 1.807) is 0 Å². The Kier molecular flexibility index (Phi) is 5.68. The summed E-state index contributed by atoms with van der Waals surface area (Å²) in [6.07, 6.45) is 2.33. The number of aliphatic hydroxyl groups excluding tert-OH is 1. The predicted octanol–water partition coefficient (Wildman–Crippen LogP) is 2.28. The van der Waals surface area contributed by atoms with Crippen molar-refractivity contribution in [2.24, 2.45) is 0 Å². The number of aromatic nitrogens is 1. The van der Waals surface area contributed by atoms with Gasteiger partial charge in [0.15, 0.2) is 0 Å². The number of aliphatic hydroxyl groups is 1. The zero-order chi connectivity index (χ0) is 12.8. The van der Waals surface area contributed by atoms with Gasteiger partial charge in [0.05, 0.1) is 16.7 Å². The van der Waals surface area contributed by atoms with Gasteiger partial charge in [0.1, 0.15) is 5.15 Å². The van der Waals surface area contributed by atoms with Crippen molar-refractivity contribution in [1.82, 2.24) is 10.3 Å². The zero-order valence-electron chi connectivity index (χ0n) is 9.41. The molecule has 0 aliphatic rings. The Hall–Kier alpha value is -0.840. The largest absolute Gasteiger partial charge is 0.391 e. The third kappa shape index (κ3) is 4.50. The Balaban J connectivity index is 2.55. The molecule has 94 valence electrons. The van der Waals surface area contributed by atoms with Gasteiger partial charge >= 0.3 is 0 Å². The van der Waals surface area contributed by atoms with Crippen LogP contribution < -0.4 is 5.32 Å². The Morgan fingerprint density at radius 2 is 2.29 bits per heavy atom. The molecule has 1 aromatic rings. The number of hydrogen-bond donors (Lipinski definition) is 2. The Morgan fingerprint density at radius 1 is 1.59 bits per heavy atom. The molecule has 0 fully saturated rings. The van der Waals surface area contributed by atoms with Crippen molar-refractivity contribution in [2.45, 2.75) is 25.9 Å². The summed E-state index contributed by atoms with van der Waals surface area (Å²) in [7, 11) is 0. The molecule has 0 saturated carbocycles. The fraction of sp³-hybridized carbons (Fsp3) is 0.455. The Bertz CT molecular complexity index is 399. The lowest BCUT2D eigenvalue weighted by Gasteiger charge is -2.10. The first-order valence-corrected chi connectivity index (χ1v) is 6.07. The molecule has 1 atom stereocenters. The summed E-state index contributed by atoms with van der Waals surface area (Å²) in [5.74, 6) is -0.328. The average molecular weight is 277 g/mol. The Morgan fingerprint density at radius 3 is 2.88 bits per heavy atom. The van der Waals surface area contributed by atoms with Crippen LogP contribution in [0.3, 0.4) is 0 Å². The van der Waals surface area contributed by atoms with Crippen LogP contribution in [-0.2, 0) is 0 Å². The first kappa shape index (κ1) is 14.2. The molecule has 0 saturated heterocycles. The standard InChI is InChI=1S/C11H14Cl2N2O2/c1-2-3-8(16)6-15-11(17)7-4-9(12)10(13)14-5-7/h4-5,8,16H,2-3,6H2,1H3,(H,15,17). The predicted molar refractivity (Wildman–Crippen MR) is 67.5 cm³/mol. The quantitative estimate of drug-likeness (QED) is 0.812. The lowest BCUT2D eigenvalue weighted by Crippen LogP contribution is -2.32. The van der Waals surface area contributed by atoms with Gasteiger partial charge in [-0.05, 0) is 12.5 Å². The van der Waals surface area contributed by atoms with E-state index in [9.17, 15) is 9.90 Å². The van der Waals surface area contributed by atoms with Gasteiger partial charge in [-0.15, -0.1) is 0 Å². The van der Waals surface area contributed by atoms with Crippen molar-refractivity contribution in [2.75, 3.05) is 6.54 Å². The molecule has 0 aromatic carbocycles. The van der Waals surface area contributed by atoms with Crippen LogP contribution >= 0.6 is 23.2 Å². The van der Waals surface area contributed by atoms with Crippen LogP contribution in [0.15, 0.2) is 12.3 Å². The number of carbonyl (C=O) groups excluding carboxylic acids is 1. The van der Waals surface area contributed by atoms with Crippen molar-refractivity contribution in [3.05, 3.63) is 28.0 Å². The third-order valence-electron chi connectivity index (χ3n) is 2.18. The molecule has 0 aliphatic carbocycles. The van der Waals surface area contributed by atoms with Gasteiger partial charge in [-0.25, -0.2) is 4.98 Å². The molecule has 0 aliphatic heterocycles. The summed E-state index contributed by atoms with van der Waals surface area (Å²) in [5, 5.41) is 12.5. The SMILES string of the molecule is CCCC(O)CNC(=O)c1cnc(Cl)c(Cl)c1. The van der Waals surface area contributed by atoms with Crippen molar-refractivity contribution in [3.8, 4) is 0 Å². The van der Waals surface area contributed by atoms with Gasteiger partial charge in [-0.3, -0.25) is 4.79 Å². The highest BCUT2D eigenvalue weighted by molar-refractivity contribution is 6.41. The molecule has 4 nitrogen and oxygen atoms in total. The maximum Gasteiger partial charge on any atom is 0.252 e. The van der Waals surface area contributed by atoms with E-state index in [-0.39, 0.29) is 22.6 Å². The highest BCUT2D eigenvalue weighted by Gasteiger charge is 2.10. The highest BCUT2D eigenvalue weighted by atomic mass is 35.5. The number of amides is 1. The van der Waals surface area contributed by atoms with Crippen molar-refractivity contribution >= 4 is 29.1 Å². The van der Waals surface area contributed by atoms with Crippen LogP contribution in [0.1, 0.15) is 30.1 Å². The number of pyridine rings is 1. The number of rotatable bonds is 5. The summed E-state index contributed by atoms with van der Waals surface area (Å²) in [6, 6.07) is 1.44. The average Bonchev–Trinajstić information content (AvgIpc) is 2.30. The molecule has 6 heteroatoms. The van der Waals surface area contributed by atoms with Crippen molar-refractivity contribution < 1.29 is 9.90 Å². The van der Waals surface area contributed by atoms with Crippen LogP contribution in [0.25, 0.3) is 0 Å². The van der Waals surface area contributed by atoms with Crippen LogP contribution in [0.2, 0.25) is 10.2 Å². The normalized spacial score (nSPS) is 12.2. The van der Waals surface area contributed by atoms with Crippen molar-refractivity contribution in [3.63, 3.8) is 0 Å². The molecule has 1 aromatic heterocycles. The molecule has 1 heterocycles. The summed E-state index contributed by atoms with van der Waals surface area (Å²) >= 11 is 11.4. The Labute approximate surface area is 110 Å². The van der Waals surface area contributed by atoms with E-state index in [4.69, 9.17) is 23.2 Å². The van der Waals surface area contributed by atoms with Crippen LogP contribution in [0, 0.1) is 0 Å². The molecule has 0 radical (unpaired) electrons. The zero-order valence-corrected chi connectivity index (χ0v) is 10.9. The molecular weight excluding hydrogens is 263 g/mol. The number of nitrogens with one attached hydrogen (secondary N) is 1. The van der Waals surface area contributed by atoms with E-state index in [0.29, 0.717) is 12.0 Å². The minimum Gasteiger partial charge on any atom is -0.391 e. The van der Waals surface area contributed by atoms with E-state index in [1.165, 1.54) is 12.3 Å². The van der Waals surface area contributed by atoms with E-state index in [2.05, 4.69) is 10.3 Å². The minimum absolute atomic E-state index is 0.161. The van der Waals surface area contributed by atoms with Crippen LogP contribution in [0.4, 0.5) is 0 Å². The molecule has 1 amide bonds. The summed E-state index contributed by atoms with van der Waals surface area (Å²) in [6.45, 7) is 2.18. The van der Waals surface area contributed by atoms with E-state index in [1.807, 2.05) is 6.92 Å². The van der Waals surface area contributed by atoms with Gasteiger partial charge in [0.2, 0.25) is 0 Å². The second-order valence-electron chi connectivity index (χ2n) is 3.65. The fourth-order valence-electron chi connectivity index (χ4n) is 1.29. The maximum absolute atomic E-state index is 11.7. The maximum atomic E-state index is 11.7.